The van der Waals surface area contributed by atoms with Gasteiger partial charge in [-0.3, -0.25) is 0 Å². The van der Waals surface area contributed by atoms with Crippen molar-refractivity contribution in [3.63, 3.8) is 0 Å². The lowest BCUT2D eigenvalue weighted by molar-refractivity contribution is -0.107. The average molecular weight is 167 g/mol. The van der Waals surface area contributed by atoms with Gasteiger partial charge in [0.2, 0.25) is 0 Å². The van der Waals surface area contributed by atoms with Crippen LogP contribution in [-0.2, 0) is 11.2 Å². The molecule has 0 aliphatic carbocycles. The molecule has 0 aliphatic heterocycles. The van der Waals surface area contributed by atoms with Gasteiger partial charge in [-0.1, -0.05) is 0 Å². The Kier molecular flexibility index (Phi) is 2.80. The van der Waals surface area contributed by atoms with E-state index in [2.05, 4.69) is 5.32 Å². The summed E-state index contributed by atoms with van der Waals surface area (Å²) in [6, 6.07) is 4.34. The maximum atomic E-state index is 12.7. The molecule has 0 saturated heterocycles. The van der Waals surface area contributed by atoms with E-state index in [4.69, 9.17) is 0 Å². The van der Waals surface area contributed by atoms with E-state index in [-0.39, 0.29) is 12.2 Å². The van der Waals surface area contributed by atoms with Gasteiger partial charge < -0.3 is 10.1 Å². The SMILES string of the molecule is CNc1ccc(F)cc1CC=O. The van der Waals surface area contributed by atoms with E-state index in [9.17, 15) is 9.18 Å². The summed E-state index contributed by atoms with van der Waals surface area (Å²) in [6.07, 6.45) is 1.00. The third-order valence-electron chi connectivity index (χ3n) is 1.64. The predicted molar refractivity (Wildman–Crippen MR) is 45.7 cm³/mol. The fourth-order valence-corrected chi connectivity index (χ4v) is 1.06. The number of carbonyl (C=O) groups is 1. The zero-order valence-corrected chi connectivity index (χ0v) is 6.80. The van der Waals surface area contributed by atoms with Crippen molar-refractivity contribution in [2.24, 2.45) is 0 Å². The van der Waals surface area contributed by atoms with Gasteiger partial charge in [0.15, 0.2) is 0 Å². The van der Waals surface area contributed by atoms with E-state index < -0.39 is 0 Å². The first-order chi connectivity index (χ1) is 5.77. The monoisotopic (exact) mass is 167 g/mol. The summed E-state index contributed by atoms with van der Waals surface area (Å²) >= 11 is 0. The van der Waals surface area contributed by atoms with Gasteiger partial charge in [0.1, 0.15) is 12.1 Å². The van der Waals surface area contributed by atoms with Crippen molar-refractivity contribution >= 4 is 12.0 Å². The van der Waals surface area contributed by atoms with Gasteiger partial charge in [0.25, 0.3) is 0 Å². The van der Waals surface area contributed by atoms with Crippen LogP contribution in [0.5, 0.6) is 0 Å². The van der Waals surface area contributed by atoms with Crippen LogP contribution in [0.15, 0.2) is 18.2 Å². The van der Waals surface area contributed by atoms with Gasteiger partial charge >= 0.3 is 0 Å². The second-order valence-corrected chi connectivity index (χ2v) is 2.42. The van der Waals surface area contributed by atoms with Crippen molar-refractivity contribution in [3.8, 4) is 0 Å². The minimum Gasteiger partial charge on any atom is -0.388 e. The van der Waals surface area contributed by atoms with Crippen molar-refractivity contribution in [2.45, 2.75) is 6.42 Å². The molecule has 0 radical (unpaired) electrons. The van der Waals surface area contributed by atoms with Crippen LogP contribution in [0.3, 0.4) is 0 Å². The molecule has 0 aliphatic rings. The average Bonchev–Trinajstić information content (AvgIpc) is 2.05. The smallest absolute Gasteiger partial charge is 0.124 e. The quantitative estimate of drug-likeness (QED) is 0.693. The number of rotatable bonds is 3. The Hall–Kier alpha value is -1.38. The van der Waals surface area contributed by atoms with E-state index in [1.807, 2.05) is 0 Å². The lowest BCUT2D eigenvalue weighted by Crippen LogP contribution is -1.96. The number of halogens is 1. The summed E-state index contributed by atoms with van der Waals surface area (Å²) in [5.41, 5.74) is 1.48. The van der Waals surface area contributed by atoms with Gasteiger partial charge in [-0.2, -0.15) is 0 Å². The molecule has 12 heavy (non-hydrogen) atoms. The minimum atomic E-state index is -0.314. The molecule has 1 rings (SSSR count). The van der Waals surface area contributed by atoms with Crippen molar-refractivity contribution in [1.82, 2.24) is 0 Å². The summed E-state index contributed by atoms with van der Waals surface area (Å²) < 4.78 is 12.7. The van der Waals surface area contributed by atoms with Crippen LogP contribution in [-0.4, -0.2) is 13.3 Å². The largest absolute Gasteiger partial charge is 0.388 e. The Bertz CT molecular complexity index is 286. The lowest BCUT2D eigenvalue weighted by Gasteiger charge is -2.05. The molecule has 1 aromatic rings. The molecular formula is C9H10FNO. The Morgan fingerprint density at radius 2 is 2.33 bits per heavy atom. The molecular weight excluding hydrogens is 157 g/mol. The van der Waals surface area contributed by atoms with E-state index in [0.717, 1.165) is 12.0 Å². The summed E-state index contributed by atoms with van der Waals surface area (Å²) in [6.45, 7) is 0. The van der Waals surface area contributed by atoms with Crippen LogP contribution in [0.25, 0.3) is 0 Å². The van der Waals surface area contributed by atoms with Crippen molar-refractivity contribution in [3.05, 3.63) is 29.6 Å². The van der Waals surface area contributed by atoms with Crippen LogP contribution in [0.1, 0.15) is 5.56 Å². The first-order valence-electron chi connectivity index (χ1n) is 3.67. The van der Waals surface area contributed by atoms with Crippen LogP contribution in [0, 0.1) is 5.82 Å². The highest BCUT2D eigenvalue weighted by Gasteiger charge is 2.00. The highest BCUT2D eigenvalue weighted by molar-refractivity contribution is 5.62. The molecule has 0 bridgehead atoms. The molecule has 3 heteroatoms. The van der Waals surface area contributed by atoms with Crippen LogP contribution in [0.2, 0.25) is 0 Å². The van der Waals surface area contributed by atoms with Crippen molar-refractivity contribution in [1.29, 1.82) is 0 Å². The van der Waals surface area contributed by atoms with E-state index >= 15 is 0 Å². The molecule has 0 unspecified atom stereocenters. The molecule has 0 aromatic heterocycles. The molecule has 1 N–H and O–H groups in total. The number of anilines is 1. The molecule has 64 valence electrons. The van der Waals surface area contributed by atoms with E-state index in [1.54, 1.807) is 13.1 Å². The third kappa shape index (κ3) is 1.81. The third-order valence-corrected chi connectivity index (χ3v) is 1.64. The highest BCUT2D eigenvalue weighted by atomic mass is 19.1. The number of hydrogen-bond acceptors (Lipinski definition) is 2. The van der Waals surface area contributed by atoms with Gasteiger partial charge in [-0.15, -0.1) is 0 Å². The van der Waals surface area contributed by atoms with E-state index in [0.29, 0.717) is 5.56 Å². The minimum absolute atomic E-state index is 0.244. The topological polar surface area (TPSA) is 29.1 Å². The molecule has 0 spiro atoms. The normalized spacial score (nSPS) is 9.50. The predicted octanol–water partition coefficient (Wildman–Crippen LogP) is 1.61. The number of hydrogen-bond donors (Lipinski definition) is 1. The Morgan fingerprint density at radius 1 is 1.58 bits per heavy atom. The fraction of sp³-hybridized carbons (Fsp3) is 0.222. The zero-order valence-electron chi connectivity index (χ0n) is 6.80. The summed E-state index contributed by atoms with van der Waals surface area (Å²) in [5.74, 6) is -0.314. The second-order valence-electron chi connectivity index (χ2n) is 2.42. The summed E-state index contributed by atoms with van der Waals surface area (Å²) in [5, 5.41) is 2.88. The van der Waals surface area contributed by atoms with Gasteiger partial charge in [-0.25, -0.2) is 4.39 Å². The standard InChI is InChI=1S/C9H10FNO/c1-11-9-3-2-8(10)6-7(9)4-5-12/h2-3,5-6,11H,4H2,1H3. The molecule has 0 fully saturated rings. The first kappa shape index (κ1) is 8.71. The molecule has 0 heterocycles. The lowest BCUT2D eigenvalue weighted by atomic mass is 10.1. The Balaban J connectivity index is 3.03. The second kappa shape index (κ2) is 3.85. The van der Waals surface area contributed by atoms with Gasteiger partial charge in [0.05, 0.1) is 0 Å². The maximum Gasteiger partial charge on any atom is 0.124 e. The van der Waals surface area contributed by atoms with Crippen molar-refractivity contribution < 1.29 is 9.18 Å². The Morgan fingerprint density at radius 3 is 2.92 bits per heavy atom. The van der Waals surface area contributed by atoms with Gasteiger partial charge in [0, 0.05) is 19.2 Å². The van der Waals surface area contributed by atoms with Gasteiger partial charge in [-0.05, 0) is 23.8 Å². The molecule has 2 nitrogen and oxygen atoms in total. The van der Waals surface area contributed by atoms with Crippen LogP contribution < -0.4 is 5.32 Å². The number of carbonyl (C=O) groups excluding carboxylic acids is 1. The Labute approximate surface area is 70.4 Å². The molecule has 0 saturated carbocycles. The van der Waals surface area contributed by atoms with Crippen molar-refractivity contribution in [2.75, 3.05) is 12.4 Å². The number of aldehydes is 1. The zero-order chi connectivity index (χ0) is 8.97. The van der Waals surface area contributed by atoms with E-state index in [1.165, 1.54) is 12.1 Å². The first-order valence-corrected chi connectivity index (χ1v) is 3.67. The highest BCUT2D eigenvalue weighted by Crippen LogP contribution is 2.15. The number of benzene rings is 1. The maximum absolute atomic E-state index is 12.7. The fourth-order valence-electron chi connectivity index (χ4n) is 1.06. The summed E-state index contributed by atoms with van der Waals surface area (Å²) in [7, 11) is 1.74. The summed E-state index contributed by atoms with van der Waals surface area (Å²) in [4.78, 5) is 10.2. The molecule has 0 atom stereocenters. The number of nitrogens with one attached hydrogen (secondary N) is 1. The molecule has 0 amide bonds. The molecule has 1 aromatic carbocycles. The van der Waals surface area contributed by atoms with Crippen LogP contribution in [0.4, 0.5) is 10.1 Å². The van der Waals surface area contributed by atoms with Crippen LogP contribution >= 0.6 is 0 Å².